The minimum absolute atomic E-state index is 0. The highest BCUT2D eigenvalue weighted by Gasteiger charge is 2.32. The fraction of sp³-hybridized carbons (Fsp3) is 0.533. The molecule has 1 aliphatic rings. The Morgan fingerprint density at radius 2 is 1.91 bits per heavy atom. The Bertz CT molecular complexity index is 541. The highest BCUT2D eigenvalue weighted by atomic mass is 35.5. The minimum Gasteiger partial charge on any atom is -0.347 e. The van der Waals surface area contributed by atoms with Crippen LogP contribution in [0.3, 0.4) is 0 Å². The maximum absolute atomic E-state index is 12.3. The second-order valence-electron chi connectivity index (χ2n) is 6.13. The lowest BCUT2D eigenvalue weighted by Crippen LogP contribution is -2.52. The van der Waals surface area contributed by atoms with E-state index < -0.39 is 10.5 Å². The molecule has 0 bridgehead atoms. The number of halogens is 1. The van der Waals surface area contributed by atoms with Crippen LogP contribution in [-0.4, -0.2) is 23.9 Å². The Balaban J connectivity index is 0.00000242. The summed E-state index contributed by atoms with van der Waals surface area (Å²) < 4.78 is 0. The van der Waals surface area contributed by atoms with Crippen molar-refractivity contribution in [3.63, 3.8) is 0 Å². The number of nitrogens with zero attached hydrogens (tertiary/aromatic N) is 1. The van der Waals surface area contributed by atoms with Gasteiger partial charge in [0.05, 0.1) is 10.5 Å². The Hall–Kier alpha value is -1.66. The predicted molar refractivity (Wildman–Crippen MR) is 87.0 cm³/mol. The molecule has 1 aliphatic heterocycles. The number of carbonyl (C=O) groups excluding carboxylic acids is 1. The van der Waals surface area contributed by atoms with Crippen LogP contribution in [0, 0.1) is 22.0 Å². The fourth-order valence-electron chi connectivity index (χ4n) is 2.37. The molecule has 6 nitrogen and oxygen atoms in total. The Morgan fingerprint density at radius 1 is 1.36 bits per heavy atom. The Labute approximate surface area is 136 Å². The third kappa shape index (κ3) is 3.96. The lowest BCUT2D eigenvalue weighted by atomic mass is 9.86. The largest absolute Gasteiger partial charge is 0.347 e. The molecular formula is C15H22ClN3O3. The molecule has 0 spiro atoms. The molecule has 1 atom stereocenters. The number of amides is 1. The van der Waals surface area contributed by atoms with Crippen LogP contribution < -0.4 is 10.6 Å². The first kappa shape index (κ1) is 18.4. The number of benzene rings is 1. The van der Waals surface area contributed by atoms with E-state index in [4.69, 9.17) is 0 Å². The van der Waals surface area contributed by atoms with Crippen LogP contribution in [0.1, 0.15) is 26.3 Å². The topological polar surface area (TPSA) is 84.3 Å². The molecule has 0 aliphatic carbocycles. The maximum atomic E-state index is 12.3. The van der Waals surface area contributed by atoms with Crippen molar-refractivity contribution in [2.24, 2.45) is 11.8 Å². The van der Waals surface area contributed by atoms with Gasteiger partial charge >= 0.3 is 0 Å². The summed E-state index contributed by atoms with van der Waals surface area (Å²) in [5.74, 6) is 0.367. The summed E-state index contributed by atoms with van der Waals surface area (Å²) in [6.07, 6.45) is 0. The van der Waals surface area contributed by atoms with E-state index in [0.29, 0.717) is 5.92 Å². The van der Waals surface area contributed by atoms with Gasteiger partial charge in [0, 0.05) is 18.1 Å². The van der Waals surface area contributed by atoms with Gasteiger partial charge in [0.1, 0.15) is 0 Å². The van der Waals surface area contributed by atoms with Crippen LogP contribution >= 0.6 is 12.4 Å². The molecule has 0 aromatic heterocycles. The summed E-state index contributed by atoms with van der Waals surface area (Å²) in [7, 11) is 0. The van der Waals surface area contributed by atoms with Crippen molar-refractivity contribution in [3.8, 4) is 0 Å². The molecular weight excluding hydrogens is 306 g/mol. The second kappa shape index (κ2) is 7.07. The van der Waals surface area contributed by atoms with Crippen LogP contribution in [0.4, 0.5) is 5.69 Å². The van der Waals surface area contributed by atoms with Gasteiger partial charge in [-0.05, 0) is 50.6 Å². The van der Waals surface area contributed by atoms with Gasteiger partial charge in [-0.2, -0.15) is 0 Å². The van der Waals surface area contributed by atoms with Crippen LogP contribution in [0.15, 0.2) is 24.3 Å². The average molecular weight is 328 g/mol. The first-order valence-electron chi connectivity index (χ1n) is 7.09. The second-order valence-corrected chi connectivity index (χ2v) is 6.13. The van der Waals surface area contributed by atoms with E-state index in [1.54, 1.807) is 12.1 Å². The Kier molecular flexibility index (Phi) is 5.91. The molecule has 0 radical (unpaired) electrons. The van der Waals surface area contributed by atoms with Gasteiger partial charge < -0.3 is 10.6 Å². The van der Waals surface area contributed by atoms with Crippen molar-refractivity contribution in [1.29, 1.82) is 0 Å². The highest BCUT2D eigenvalue weighted by Crippen LogP contribution is 2.24. The van der Waals surface area contributed by atoms with E-state index in [1.165, 1.54) is 12.1 Å². The molecule has 1 aromatic rings. The summed E-state index contributed by atoms with van der Waals surface area (Å²) in [5, 5.41) is 16.9. The molecule has 1 aromatic carbocycles. The van der Waals surface area contributed by atoms with Crippen LogP contribution in [0.25, 0.3) is 0 Å². The van der Waals surface area contributed by atoms with Gasteiger partial charge in [-0.25, -0.2) is 0 Å². The van der Waals surface area contributed by atoms with E-state index in [0.717, 1.165) is 18.7 Å². The summed E-state index contributed by atoms with van der Waals surface area (Å²) in [6.45, 7) is 7.50. The first-order chi connectivity index (χ1) is 9.81. The standard InChI is InChI=1S/C15H21N3O3.ClH/c1-10(11-8-16-9-11)14(19)17-15(2,3)12-4-6-13(7-5-12)18(20)21;/h4-7,10-11,16H,8-9H2,1-3H3,(H,17,19);1H. The third-order valence-corrected chi connectivity index (χ3v) is 4.17. The van der Waals surface area contributed by atoms with E-state index in [9.17, 15) is 14.9 Å². The molecule has 2 rings (SSSR count). The number of hydrogen-bond acceptors (Lipinski definition) is 4. The molecule has 7 heteroatoms. The highest BCUT2D eigenvalue weighted by molar-refractivity contribution is 5.85. The molecule has 1 heterocycles. The number of carbonyl (C=O) groups is 1. The van der Waals surface area contributed by atoms with E-state index in [2.05, 4.69) is 10.6 Å². The van der Waals surface area contributed by atoms with E-state index in [1.807, 2.05) is 20.8 Å². The zero-order chi connectivity index (χ0) is 15.6. The molecule has 2 N–H and O–H groups in total. The normalized spacial score (nSPS) is 16.1. The lowest BCUT2D eigenvalue weighted by Gasteiger charge is -2.35. The minimum atomic E-state index is -0.558. The monoisotopic (exact) mass is 327 g/mol. The summed E-state index contributed by atoms with van der Waals surface area (Å²) >= 11 is 0. The maximum Gasteiger partial charge on any atom is 0.269 e. The molecule has 1 unspecified atom stereocenters. The van der Waals surface area contributed by atoms with Gasteiger partial charge in [0.2, 0.25) is 5.91 Å². The van der Waals surface area contributed by atoms with Gasteiger partial charge in [-0.15, -0.1) is 12.4 Å². The summed E-state index contributed by atoms with van der Waals surface area (Å²) in [5.41, 5.74) is 0.340. The fourth-order valence-corrected chi connectivity index (χ4v) is 2.37. The zero-order valence-corrected chi connectivity index (χ0v) is 13.8. The third-order valence-electron chi connectivity index (χ3n) is 4.17. The summed E-state index contributed by atoms with van der Waals surface area (Å²) in [4.78, 5) is 22.5. The molecule has 1 fully saturated rings. The van der Waals surface area contributed by atoms with Crippen LogP contribution in [-0.2, 0) is 10.3 Å². The van der Waals surface area contributed by atoms with Gasteiger partial charge in [-0.3, -0.25) is 14.9 Å². The summed E-state index contributed by atoms with van der Waals surface area (Å²) in [6, 6.07) is 6.30. The molecule has 1 amide bonds. The van der Waals surface area contributed by atoms with Gasteiger partial charge in [-0.1, -0.05) is 6.92 Å². The van der Waals surface area contributed by atoms with Gasteiger partial charge in [0.25, 0.3) is 5.69 Å². The first-order valence-corrected chi connectivity index (χ1v) is 7.09. The predicted octanol–water partition coefficient (Wildman–Crippen LogP) is 2.22. The van der Waals surface area contributed by atoms with Crippen molar-refractivity contribution in [3.05, 3.63) is 39.9 Å². The number of rotatable bonds is 5. The molecule has 1 saturated heterocycles. The van der Waals surface area contributed by atoms with Crippen molar-refractivity contribution in [2.45, 2.75) is 26.3 Å². The van der Waals surface area contributed by atoms with Crippen molar-refractivity contribution < 1.29 is 9.72 Å². The van der Waals surface area contributed by atoms with Crippen molar-refractivity contribution >= 4 is 24.0 Å². The smallest absolute Gasteiger partial charge is 0.269 e. The molecule has 22 heavy (non-hydrogen) atoms. The molecule has 122 valence electrons. The van der Waals surface area contributed by atoms with E-state index in [-0.39, 0.29) is 29.9 Å². The number of nitro groups is 1. The van der Waals surface area contributed by atoms with Crippen molar-refractivity contribution in [1.82, 2.24) is 10.6 Å². The van der Waals surface area contributed by atoms with Gasteiger partial charge in [0.15, 0.2) is 0 Å². The Morgan fingerprint density at radius 3 is 2.32 bits per heavy atom. The number of nitro benzene ring substituents is 1. The number of hydrogen-bond donors (Lipinski definition) is 2. The van der Waals surface area contributed by atoms with Crippen LogP contribution in [0.5, 0.6) is 0 Å². The zero-order valence-electron chi connectivity index (χ0n) is 13.0. The van der Waals surface area contributed by atoms with Crippen molar-refractivity contribution in [2.75, 3.05) is 13.1 Å². The SMILES string of the molecule is CC(C(=O)NC(C)(C)c1ccc([N+](=O)[O-])cc1)C1CNC1.Cl. The van der Waals surface area contributed by atoms with Crippen LogP contribution in [0.2, 0.25) is 0 Å². The number of nitrogens with one attached hydrogen (secondary N) is 2. The van der Waals surface area contributed by atoms with E-state index >= 15 is 0 Å². The quantitative estimate of drug-likeness (QED) is 0.641. The lowest BCUT2D eigenvalue weighted by molar-refractivity contribution is -0.384. The average Bonchev–Trinajstić information content (AvgIpc) is 2.36. The number of non-ortho nitro benzene ring substituents is 1. The molecule has 0 saturated carbocycles.